The first-order chi connectivity index (χ1) is 13.8. The zero-order chi connectivity index (χ0) is 21.6. The minimum Gasteiger partial charge on any atom is -0.549 e. The molecular weight excluding hydrogens is 382 g/mol. The van der Waals surface area contributed by atoms with Crippen molar-refractivity contribution >= 4 is 17.9 Å². The quantitative estimate of drug-likeness (QED) is 0.327. The molecule has 1 aliphatic rings. The predicted octanol–water partition coefficient (Wildman–Crippen LogP) is -5.76. The molecule has 0 aromatic heterocycles. The Labute approximate surface area is 171 Å². The Balaban J connectivity index is 2.87. The second-order valence-corrected chi connectivity index (χ2v) is 7.34. The summed E-state index contributed by atoms with van der Waals surface area (Å²) in [6.45, 7) is 2.53. The molecule has 1 saturated heterocycles. The Hall–Kier alpha value is -1.79. The fraction of sp³-hybridized carbons (Fsp3) is 0.833. The number of rotatable bonds is 10. The predicted molar refractivity (Wildman–Crippen MR) is 99.0 cm³/mol. The first kappa shape index (κ1) is 25.2. The molecule has 0 saturated carbocycles. The summed E-state index contributed by atoms with van der Waals surface area (Å²) in [5, 5.41) is 36.6. The molecule has 0 amide bonds. The molecule has 1 rings (SSSR count). The maximum Gasteiger partial charge on any atom is 0.0555 e. The van der Waals surface area contributed by atoms with Crippen LogP contribution in [0.1, 0.15) is 19.3 Å². The first-order valence-electron chi connectivity index (χ1n) is 10.00. The van der Waals surface area contributed by atoms with Crippen molar-refractivity contribution in [3.8, 4) is 0 Å². The summed E-state index contributed by atoms with van der Waals surface area (Å²) >= 11 is 0. The molecular formula is C18H32N5O6-3. The van der Waals surface area contributed by atoms with Gasteiger partial charge in [-0.1, -0.05) is 6.42 Å². The lowest BCUT2D eigenvalue weighted by atomic mass is 10.1. The lowest BCUT2D eigenvalue weighted by molar-refractivity contribution is -0.308. The third kappa shape index (κ3) is 12.4. The third-order valence-electron chi connectivity index (χ3n) is 4.87. The molecule has 1 unspecified atom stereocenters. The molecule has 0 aromatic carbocycles. The van der Waals surface area contributed by atoms with Crippen LogP contribution >= 0.6 is 0 Å². The standard InChI is InChI=1S/C18H35N5O6/c19-4-2-1-3-15-11-23(14-18(28)29)10-9-22(13-17(26)27)8-7-21(6-5-20-15)12-16(24)25/h15,20H,1-14,19H2,(H,24,25)(H,26,27)(H,28,29)/p-3. The summed E-state index contributed by atoms with van der Waals surface area (Å²) < 4.78 is 0. The molecule has 1 atom stereocenters. The molecule has 11 nitrogen and oxygen atoms in total. The maximum atomic E-state index is 11.1. The summed E-state index contributed by atoms with van der Waals surface area (Å²) in [4.78, 5) is 38.3. The second-order valence-electron chi connectivity index (χ2n) is 7.34. The van der Waals surface area contributed by atoms with Gasteiger partial charge in [-0.05, 0) is 19.4 Å². The van der Waals surface area contributed by atoms with E-state index in [0.29, 0.717) is 52.4 Å². The number of nitrogens with two attached hydrogens (primary N) is 1. The van der Waals surface area contributed by atoms with Gasteiger partial charge in [-0.15, -0.1) is 0 Å². The Bertz CT molecular complexity index is 521. The molecule has 168 valence electrons. The van der Waals surface area contributed by atoms with Crippen molar-refractivity contribution in [2.24, 2.45) is 5.73 Å². The van der Waals surface area contributed by atoms with Gasteiger partial charge in [0.1, 0.15) is 0 Å². The highest BCUT2D eigenvalue weighted by Crippen LogP contribution is 2.05. The summed E-state index contributed by atoms with van der Waals surface area (Å²) in [5.41, 5.74) is 5.55. The van der Waals surface area contributed by atoms with Crippen molar-refractivity contribution in [2.45, 2.75) is 25.3 Å². The minimum atomic E-state index is -1.24. The van der Waals surface area contributed by atoms with Crippen LogP contribution in [0.2, 0.25) is 0 Å². The molecule has 0 bridgehead atoms. The number of nitrogens with zero attached hydrogens (tertiary/aromatic N) is 3. The maximum absolute atomic E-state index is 11.1. The summed E-state index contributed by atoms with van der Waals surface area (Å²) in [6, 6.07) is -0.000259. The summed E-state index contributed by atoms with van der Waals surface area (Å²) in [5.74, 6) is -3.62. The van der Waals surface area contributed by atoms with Crippen LogP contribution in [0.15, 0.2) is 0 Å². The normalized spacial score (nSPS) is 21.2. The molecule has 1 aliphatic heterocycles. The molecule has 1 heterocycles. The average Bonchev–Trinajstić information content (AvgIpc) is 2.61. The van der Waals surface area contributed by atoms with Crippen LogP contribution in [0.4, 0.5) is 0 Å². The molecule has 29 heavy (non-hydrogen) atoms. The van der Waals surface area contributed by atoms with Gasteiger partial charge >= 0.3 is 0 Å². The molecule has 0 radical (unpaired) electrons. The molecule has 3 N–H and O–H groups in total. The van der Waals surface area contributed by atoms with E-state index in [-0.39, 0.29) is 25.7 Å². The lowest BCUT2D eigenvalue weighted by Crippen LogP contribution is -2.52. The van der Waals surface area contributed by atoms with E-state index >= 15 is 0 Å². The van der Waals surface area contributed by atoms with Crippen LogP contribution in [0.5, 0.6) is 0 Å². The fourth-order valence-electron chi connectivity index (χ4n) is 3.42. The van der Waals surface area contributed by atoms with Gasteiger partial charge in [0.05, 0.1) is 17.9 Å². The van der Waals surface area contributed by atoms with E-state index in [4.69, 9.17) is 5.73 Å². The highest BCUT2D eigenvalue weighted by Gasteiger charge is 2.18. The Kier molecular flexibility index (Phi) is 12.4. The van der Waals surface area contributed by atoms with Crippen molar-refractivity contribution in [1.82, 2.24) is 20.0 Å². The number of nitrogens with one attached hydrogen (secondary N) is 1. The number of carbonyl (C=O) groups is 3. The van der Waals surface area contributed by atoms with Crippen molar-refractivity contribution < 1.29 is 29.7 Å². The van der Waals surface area contributed by atoms with E-state index in [0.717, 1.165) is 19.3 Å². The van der Waals surface area contributed by atoms with Crippen LogP contribution in [0, 0.1) is 0 Å². The Morgan fingerprint density at radius 1 is 0.793 bits per heavy atom. The van der Waals surface area contributed by atoms with Crippen LogP contribution in [-0.2, 0) is 14.4 Å². The highest BCUT2D eigenvalue weighted by atomic mass is 16.4. The largest absolute Gasteiger partial charge is 0.549 e. The van der Waals surface area contributed by atoms with Gasteiger partial charge in [0.15, 0.2) is 0 Å². The summed E-state index contributed by atoms with van der Waals surface area (Å²) in [7, 11) is 0. The van der Waals surface area contributed by atoms with Crippen molar-refractivity contribution in [2.75, 3.05) is 72.0 Å². The number of unbranched alkanes of at least 4 members (excludes halogenated alkanes) is 1. The van der Waals surface area contributed by atoms with Gasteiger partial charge in [0.2, 0.25) is 0 Å². The number of hydrogen-bond donors (Lipinski definition) is 2. The molecule has 0 spiro atoms. The van der Waals surface area contributed by atoms with Crippen LogP contribution in [0.3, 0.4) is 0 Å². The molecule has 0 aliphatic carbocycles. The smallest absolute Gasteiger partial charge is 0.0555 e. The molecule has 1 fully saturated rings. The van der Waals surface area contributed by atoms with Gasteiger partial charge in [0.25, 0.3) is 0 Å². The molecule has 11 heteroatoms. The van der Waals surface area contributed by atoms with E-state index in [1.54, 1.807) is 14.7 Å². The Morgan fingerprint density at radius 3 is 1.79 bits per heavy atom. The van der Waals surface area contributed by atoms with Gasteiger partial charge < -0.3 is 40.8 Å². The van der Waals surface area contributed by atoms with E-state index in [2.05, 4.69) is 5.32 Å². The van der Waals surface area contributed by atoms with E-state index in [1.807, 2.05) is 0 Å². The lowest BCUT2D eigenvalue weighted by Gasteiger charge is -2.34. The van der Waals surface area contributed by atoms with Crippen LogP contribution in [0.25, 0.3) is 0 Å². The van der Waals surface area contributed by atoms with Gasteiger partial charge in [-0.25, -0.2) is 0 Å². The average molecular weight is 414 g/mol. The zero-order valence-electron chi connectivity index (χ0n) is 16.8. The Morgan fingerprint density at radius 2 is 1.28 bits per heavy atom. The summed E-state index contributed by atoms with van der Waals surface area (Å²) in [6.07, 6.45) is 2.53. The van der Waals surface area contributed by atoms with Gasteiger partial charge in [-0.2, -0.15) is 0 Å². The van der Waals surface area contributed by atoms with Crippen molar-refractivity contribution in [3.05, 3.63) is 0 Å². The van der Waals surface area contributed by atoms with Gasteiger partial charge in [-0.3, -0.25) is 14.7 Å². The highest BCUT2D eigenvalue weighted by molar-refractivity contribution is 5.67. The van der Waals surface area contributed by atoms with Gasteiger partial charge in [0, 0.05) is 71.5 Å². The van der Waals surface area contributed by atoms with E-state index < -0.39 is 17.9 Å². The van der Waals surface area contributed by atoms with Crippen LogP contribution in [-0.4, -0.2) is 111 Å². The molecule has 0 aromatic rings. The minimum absolute atomic E-state index is 0.000259. The monoisotopic (exact) mass is 414 g/mol. The number of carbonyl (C=O) groups excluding carboxylic acids is 3. The van der Waals surface area contributed by atoms with E-state index in [9.17, 15) is 29.7 Å². The SMILES string of the molecule is NCCCCC1CN(CC(=O)[O-])CCN(CC(=O)[O-])CCN(CC(=O)[O-])CCN1. The van der Waals surface area contributed by atoms with Crippen molar-refractivity contribution in [3.63, 3.8) is 0 Å². The van der Waals surface area contributed by atoms with Crippen molar-refractivity contribution in [1.29, 1.82) is 0 Å². The fourth-order valence-corrected chi connectivity index (χ4v) is 3.42. The first-order valence-corrected chi connectivity index (χ1v) is 10.00. The third-order valence-corrected chi connectivity index (χ3v) is 4.87. The number of aliphatic carboxylic acids is 3. The number of carboxylic acid groups (broad SMARTS) is 3. The topological polar surface area (TPSA) is 168 Å². The number of carboxylic acids is 3. The second kappa shape index (κ2) is 14.2. The van der Waals surface area contributed by atoms with E-state index in [1.165, 1.54) is 0 Å². The number of hydrogen-bond acceptors (Lipinski definition) is 11. The zero-order valence-corrected chi connectivity index (χ0v) is 16.8. The van der Waals surface area contributed by atoms with Crippen LogP contribution < -0.4 is 26.4 Å².